The Morgan fingerprint density at radius 3 is 2.63 bits per heavy atom. The number of rotatable bonds is 8. The predicted octanol–water partition coefficient (Wildman–Crippen LogP) is 1.06. The Balaban J connectivity index is 2.94. The zero-order valence-corrected chi connectivity index (χ0v) is 11.8. The van der Waals surface area contributed by atoms with E-state index in [4.69, 9.17) is 15.2 Å². The second kappa shape index (κ2) is 7.99. The standard InChI is InChI=1S/C14H24N2O3/c1-4-19-12-6-5-10(9-13(12)18-3)14(17)11(16-2)7-8-15/h5-6,9,11,14,16-17H,4,7-8,15H2,1-3H3. The van der Waals surface area contributed by atoms with Crippen molar-refractivity contribution in [1.29, 1.82) is 0 Å². The Labute approximate surface area is 114 Å². The predicted molar refractivity (Wildman–Crippen MR) is 75.6 cm³/mol. The molecule has 1 aromatic rings. The van der Waals surface area contributed by atoms with Crippen LogP contribution >= 0.6 is 0 Å². The van der Waals surface area contributed by atoms with Gasteiger partial charge in [0.1, 0.15) is 0 Å². The van der Waals surface area contributed by atoms with Gasteiger partial charge in [-0.2, -0.15) is 0 Å². The third-order valence-corrected chi connectivity index (χ3v) is 3.06. The van der Waals surface area contributed by atoms with E-state index in [0.717, 1.165) is 5.56 Å². The number of ether oxygens (including phenoxy) is 2. The zero-order chi connectivity index (χ0) is 14.3. The van der Waals surface area contributed by atoms with Crippen LogP contribution < -0.4 is 20.5 Å². The Hall–Kier alpha value is -1.30. The largest absolute Gasteiger partial charge is 0.493 e. The maximum atomic E-state index is 10.3. The van der Waals surface area contributed by atoms with Gasteiger partial charge in [-0.15, -0.1) is 0 Å². The van der Waals surface area contributed by atoms with E-state index in [0.29, 0.717) is 31.1 Å². The highest BCUT2D eigenvalue weighted by Gasteiger charge is 2.20. The number of hydrogen-bond donors (Lipinski definition) is 3. The average Bonchev–Trinajstić information content (AvgIpc) is 2.44. The van der Waals surface area contributed by atoms with Gasteiger partial charge in [-0.05, 0) is 44.6 Å². The number of aliphatic hydroxyl groups excluding tert-OH is 1. The number of hydrogen-bond acceptors (Lipinski definition) is 5. The van der Waals surface area contributed by atoms with Crippen LogP contribution in [0.5, 0.6) is 11.5 Å². The summed E-state index contributed by atoms with van der Waals surface area (Å²) in [5.74, 6) is 1.31. The second-order valence-electron chi connectivity index (χ2n) is 4.26. The van der Waals surface area contributed by atoms with Gasteiger partial charge in [0.25, 0.3) is 0 Å². The lowest BCUT2D eigenvalue weighted by atomic mass is 9.99. The monoisotopic (exact) mass is 268 g/mol. The molecule has 4 N–H and O–H groups in total. The van der Waals surface area contributed by atoms with Crippen LogP contribution in [0.4, 0.5) is 0 Å². The van der Waals surface area contributed by atoms with Gasteiger partial charge in [0.15, 0.2) is 11.5 Å². The van der Waals surface area contributed by atoms with Crippen LogP contribution in [0.2, 0.25) is 0 Å². The van der Waals surface area contributed by atoms with Gasteiger partial charge in [0, 0.05) is 6.04 Å². The van der Waals surface area contributed by atoms with E-state index >= 15 is 0 Å². The molecule has 0 amide bonds. The van der Waals surface area contributed by atoms with Gasteiger partial charge >= 0.3 is 0 Å². The average molecular weight is 268 g/mol. The fraction of sp³-hybridized carbons (Fsp3) is 0.571. The van der Waals surface area contributed by atoms with E-state index in [9.17, 15) is 5.11 Å². The molecule has 2 unspecified atom stereocenters. The summed E-state index contributed by atoms with van der Waals surface area (Å²) in [5.41, 5.74) is 6.33. The first-order valence-corrected chi connectivity index (χ1v) is 6.54. The number of nitrogens with two attached hydrogens (primary N) is 1. The molecule has 0 bridgehead atoms. The van der Waals surface area contributed by atoms with Gasteiger partial charge in [-0.3, -0.25) is 0 Å². The van der Waals surface area contributed by atoms with E-state index in [1.54, 1.807) is 13.2 Å². The first-order valence-electron chi connectivity index (χ1n) is 6.54. The molecule has 1 rings (SSSR count). The van der Waals surface area contributed by atoms with Crippen LogP contribution in [-0.2, 0) is 0 Å². The molecule has 0 fully saturated rings. The minimum Gasteiger partial charge on any atom is -0.493 e. The van der Waals surface area contributed by atoms with E-state index < -0.39 is 6.10 Å². The third kappa shape index (κ3) is 4.09. The molecule has 0 aliphatic heterocycles. The van der Waals surface area contributed by atoms with Gasteiger partial charge in [-0.1, -0.05) is 6.07 Å². The lowest BCUT2D eigenvalue weighted by Crippen LogP contribution is -2.34. The molecule has 0 aliphatic rings. The van der Waals surface area contributed by atoms with Crippen molar-refractivity contribution in [2.24, 2.45) is 5.73 Å². The maximum Gasteiger partial charge on any atom is 0.161 e. The van der Waals surface area contributed by atoms with Gasteiger partial charge < -0.3 is 25.6 Å². The molecule has 19 heavy (non-hydrogen) atoms. The summed E-state index contributed by atoms with van der Waals surface area (Å²) in [5, 5.41) is 13.4. The highest BCUT2D eigenvalue weighted by molar-refractivity contribution is 5.43. The Morgan fingerprint density at radius 1 is 1.37 bits per heavy atom. The van der Waals surface area contributed by atoms with Gasteiger partial charge in [0.05, 0.1) is 19.8 Å². The molecule has 2 atom stereocenters. The lowest BCUT2D eigenvalue weighted by Gasteiger charge is -2.23. The van der Waals surface area contributed by atoms with Crippen molar-refractivity contribution < 1.29 is 14.6 Å². The highest BCUT2D eigenvalue weighted by Crippen LogP contribution is 2.31. The summed E-state index contributed by atoms with van der Waals surface area (Å²) in [6, 6.07) is 5.39. The van der Waals surface area contributed by atoms with Crippen molar-refractivity contribution in [3.05, 3.63) is 23.8 Å². The second-order valence-corrected chi connectivity index (χ2v) is 4.26. The van der Waals surface area contributed by atoms with Crippen LogP contribution in [0.25, 0.3) is 0 Å². The summed E-state index contributed by atoms with van der Waals surface area (Å²) in [6.07, 6.45) is 0.0748. The van der Waals surface area contributed by atoms with Crippen LogP contribution in [0, 0.1) is 0 Å². The minimum atomic E-state index is -0.627. The summed E-state index contributed by atoms with van der Waals surface area (Å²) >= 11 is 0. The lowest BCUT2D eigenvalue weighted by molar-refractivity contribution is 0.128. The Kier molecular flexibility index (Phi) is 6.62. The Morgan fingerprint density at radius 2 is 2.11 bits per heavy atom. The fourth-order valence-corrected chi connectivity index (χ4v) is 2.01. The first kappa shape index (κ1) is 15.8. The first-order chi connectivity index (χ1) is 9.17. The highest BCUT2D eigenvalue weighted by atomic mass is 16.5. The van der Waals surface area contributed by atoms with Crippen LogP contribution in [0.3, 0.4) is 0 Å². The van der Waals surface area contributed by atoms with Gasteiger partial charge in [0.2, 0.25) is 0 Å². The maximum absolute atomic E-state index is 10.3. The van der Waals surface area contributed by atoms with E-state index in [1.807, 2.05) is 26.1 Å². The number of aliphatic hydroxyl groups is 1. The molecule has 5 nitrogen and oxygen atoms in total. The van der Waals surface area contributed by atoms with Crippen molar-refractivity contribution in [2.75, 3.05) is 27.3 Å². The van der Waals surface area contributed by atoms with Gasteiger partial charge in [-0.25, -0.2) is 0 Å². The van der Waals surface area contributed by atoms with Crippen molar-refractivity contribution in [3.8, 4) is 11.5 Å². The molecular weight excluding hydrogens is 244 g/mol. The van der Waals surface area contributed by atoms with Crippen molar-refractivity contribution in [3.63, 3.8) is 0 Å². The SMILES string of the molecule is CCOc1ccc(C(O)C(CCN)NC)cc1OC. The molecule has 5 heteroatoms. The number of benzene rings is 1. The summed E-state index contributed by atoms with van der Waals surface area (Å²) in [4.78, 5) is 0. The quantitative estimate of drug-likeness (QED) is 0.657. The smallest absolute Gasteiger partial charge is 0.161 e. The van der Waals surface area contributed by atoms with E-state index in [1.165, 1.54) is 0 Å². The molecule has 108 valence electrons. The summed E-state index contributed by atoms with van der Waals surface area (Å²) in [7, 11) is 3.40. The molecule has 0 aromatic heterocycles. The molecule has 0 radical (unpaired) electrons. The van der Waals surface area contributed by atoms with E-state index in [-0.39, 0.29) is 6.04 Å². The van der Waals surface area contributed by atoms with Crippen molar-refractivity contribution >= 4 is 0 Å². The van der Waals surface area contributed by atoms with Crippen molar-refractivity contribution in [1.82, 2.24) is 5.32 Å². The third-order valence-electron chi connectivity index (χ3n) is 3.06. The van der Waals surface area contributed by atoms with E-state index in [2.05, 4.69) is 5.32 Å². The number of likely N-dealkylation sites (N-methyl/N-ethyl adjacent to an activating group) is 1. The zero-order valence-electron chi connectivity index (χ0n) is 11.8. The van der Waals surface area contributed by atoms with Crippen molar-refractivity contribution in [2.45, 2.75) is 25.5 Å². The fourth-order valence-electron chi connectivity index (χ4n) is 2.01. The molecule has 0 spiro atoms. The number of nitrogens with one attached hydrogen (secondary N) is 1. The summed E-state index contributed by atoms with van der Waals surface area (Å²) in [6.45, 7) is 3.02. The topological polar surface area (TPSA) is 76.7 Å². The molecule has 0 saturated heterocycles. The number of methoxy groups -OCH3 is 1. The summed E-state index contributed by atoms with van der Waals surface area (Å²) < 4.78 is 10.7. The minimum absolute atomic E-state index is 0.0763. The van der Waals surface area contributed by atoms with Crippen LogP contribution in [0.1, 0.15) is 25.0 Å². The van der Waals surface area contributed by atoms with Crippen LogP contribution in [0.15, 0.2) is 18.2 Å². The molecular formula is C14H24N2O3. The molecule has 0 heterocycles. The Bertz CT molecular complexity index is 385. The molecule has 1 aromatic carbocycles. The van der Waals surface area contributed by atoms with Crippen LogP contribution in [-0.4, -0.2) is 38.5 Å². The normalized spacial score (nSPS) is 13.9. The molecule has 0 saturated carbocycles. The molecule has 0 aliphatic carbocycles.